The molecule has 0 aromatic carbocycles. The molecule has 1 atom stereocenters. The van der Waals surface area contributed by atoms with Gasteiger partial charge in [-0.1, -0.05) is 6.08 Å². The molecule has 1 saturated heterocycles. The third-order valence-corrected chi connectivity index (χ3v) is 3.22. The van der Waals surface area contributed by atoms with Crippen molar-refractivity contribution in [1.29, 1.82) is 0 Å². The highest BCUT2D eigenvalue weighted by Crippen LogP contribution is 2.23. The van der Waals surface area contributed by atoms with Gasteiger partial charge in [-0.05, 0) is 0 Å². The Hall–Kier alpha value is -1.20. The Morgan fingerprint density at radius 2 is 2.24 bits per heavy atom. The Balaban J connectivity index is 1.97. The smallest absolute Gasteiger partial charge is 0.310 e. The fourth-order valence-electron chi connectivity index (χ4n) is 2.23. The summed E-state index contributed by atoms with van der Waals surface area (Å²) >= 11 is 0. The van der Waals surface area contributed by atoms with Crippen LogP contribution in [0.5, 0.6) is 0 Å². The van der Waals surface area contributed by atoms with Gasteiger partial charge in [0, 0.05) is 31.1 Å². The summed E-state index contributed by atoms with van der Waals surface area (Å²) in [4.78, 5) is 25.1. The number of carbonyl (C=O) groups is 2. The van der Waals surface area contributed by atoms with Crippen LogP contribution in [0.4, 0.5) is 0 Å². The van der Waals surface area contributed by atoms with Crippen LogP contribution in [0.3, 0.4) is 0 Å². The number of hydrogen-bond acceptors (Lipinski definition) is 5. The van der Waals surface area contributed by atoms with Gasteiger partial charge in [0.1, 0.15) is 0 Å². The van der Waals surface area contributed by atoms with Gasteiger partial charge in [0.25, 0.3) is 0 Å². The van der Waals surface area contributed by atoms with Crippen molar-refractivity contribution in [2.24, 2.45) is 0 Å². The van der Waals surface area contributed by atoms with E-state index in [2.05, 4.69) is 9.64 Å². The Labute approximate surface area is 100 Å². The summed E-state index contributed by atoms with van der Waals surface area (Å²) in [5, 5.41) is 0. The predicted octanol–water partition coefficient (Wildman–Crippen LogP) is 0.149. The summed E-state index contributed by atoms with van der Waals surface area (Å²) in [6.45, 7) is 3.12. The highest BCUT2D eigenvalue weighted by Gasteiger charge is 2.30. The molecule has 94 valence electrons. The number of morpholine rings is 1. The van der Waals surface area contributed by atoms with Crippen molar-refractivity contribution in [1.82, 2.24) is 4.90 Å². The summed E-state index contributed by atoms with van der Waals surface area (Å²) in [5.74, 6) is -0.292. The lowest BCUT2D eigenvalue weighted by Crippen LogP contribution is -2.42. The second-order valence-electron chi connectivity index (χ2n) is 4.29. The van der Waals surface area contributed by atoms with E-state index in [0.717, 1.165) is 13.1 Å². The third kappa shape index (κ3) is 2.92. The molecule has 0 saturated carbocycles. The lowest BCUT2D eigenvalue weighted by Gasteiger charge is -2.30. The van der Waals surface area contributed by atoms with Crippen LogP contribution in [0, 0.1) is 0 Å². The molecule has 0 spiro atoms. The topological polar surface area (TPSA) is 55.8 Å². The number of hydrogen-bond donors (Lipinski definition) is 0. The first-order valence-electron chi connectivity index (χ1n) is 5.83. The maximum atomic E-state index is 11.7. The number of nitrogens with zero attached hydrogens (tertiary/aromatic N) is 1. The molecule has 0 N–H and O–H groups in total. The normalized spacial score (nSPS) is 25.8. The van der Waals surface area contributed by atoms with E-state index in [1.807, 2.05) is 6.08 Å². The molecule has 17 heavy (non-hydrogen) atoms. The lowest BCUT2D eigenvalue weighted by atomic mass is 10.1. The third-order valence-electron chi connectivity index (χ3n) is 3.22. The van der Waals surface area contributed by atoms with Crippen LogP contribution < -0.4 is 0 Å². The molecule has 0 amide bonds. The number of ether oxygens (including phenoxy) is 2. The van der Waals surface area contributed by atoms with Gasteiger partial charge >= 0.3 is 5.97 Å². The quantitative estimate of drug-likeness (QED) is 0.656. The first-order chi connectivity index (χ1) is 8.20. The second kappa shape index (κ2) is 5.42. The van der Waals surface area contributed by atoms with Gasteiger partial charge in [0.05, 0.1) is 26.7 Å². The maximum absolute atomic E-state index is 11.7. The zero-order valence-corrected chi connectivity index (χ0v) is 9.98. The zero-order valence-electron chi connectivity index (χ0n) is 9.98. The fourth-order valence-corrected chi connectivity index (χ4v) is 2.23. The van der Waals surface area contributed by atoms with Gasteiger partial charge in [0.15, 0.2) is 5.78 Å². The van der Waals surface area contributed by atoms with E-state index < -0.39 is 0 Å². The van der Waals surface area contributed by atoms with Crippen molar-refractivity contribution in [3.05, 3.63) is 11.6 Å². The van der Waals surface area contributed by atoms with Gasteiger partial charge < -0.3 is 9.47 Å². The van der Waals surface area contributed by atoms with E-state index in [1.165, 1.54) is 7.11 Å². The van der Waals surface area contributed by atoms with Crippen molar-refractivity contribution in [2.45, 2.75) is 18.9 Å². The Kier molecular flexibility index (Phi) is 3.91. The van der Waals surface area contributed by atoms with Crippen LogP contribution >= 0.6 is 0 Å². The Morgan fingerprint density at radius 3 is 2.88 bits per heavy atom. The van der Waals surface area contributed by atoms with E-state index >= 15 is 0 Å². The number of rotatable bonds is 3. The van der Waals surface area contributed by atoms with E-state index in [1.54, 1.807) is 0 Å². The van der Waals surface area contributed by atoms with Crippen molar-refractivity contribution < 1.29 is 19.1 Å². The molecule has 1 aliphatic heterocycles. The molecule has 5 heteroatoms. The van der Waals surface area contributed by atoms with Gasteiger partial charge in [-0.3, -0.25) is 14.5 Å². The lowest BCUT2D eigenvalue weighted by molar-refractivity contribution is -0.140. The van der Waals surface area contributed by atoms with Crippen LogP contribution in [0.15, 0.2) is 11.6 Å². The van der Waals surface area contributed by atoms with Gasteiger partial charge in [0.2, 0.25) is 0 Å². The Bertz CT molecular complexity index is 344. The highest BCUT2D eigenvalue weighted by molar-refractivity contribution is 6.01. The van der Waals surface area contributed by atoms with E-state index in [0.29, 0.717) is 25.2 Å². The molecule has 1 aliphatic carbocycles. The van der Waals surface area contributed by atoms with Crippen molar-refractivity contribution >= 4 is 11.8 Å². The molecule has 0 bridgehead atoms. The molecular weight excluding hydrogens is 222 g/mol. The summed E-state index contributed by atoms with van der Waals surface area (Å²) in [7, 11) is 1.34. The second-order valence-corrected chi connectivity index (χ2v) is 4.29. The minimum Gasteiger partial charge on any atom is -0.469 e. The molecule has 1 unspecified atom stereocenters. The molecule has 1 heterocycles. The molecule has 0 radical (unpaired) electrons. The van der Waals surface area contributed by atoms with Crippen molar-refractivity contribution in [2.75, 3.05) is 33.4 Å². The first-order valence-corrected chi connectivity index (χ1v) is 5.83. The van der Waals surface area contributed by atoms with Gasteiger partial charge in [-0.25, -0.2) is 0 Å². The summed E-state index contributed by atoms with van der Waals surface area (Å²) in [5.41, 5.74) is 0.591. The van der Waals surface area contributed by atoms with Gasteiger partial charge in [-0.2, -0.15) is 0 Å². The Morgan fingerprint density at radius 1 is 1.53 bits per heavy atom. The van der Waals surface area contributed by atoms with E-state index in [9.17, 15) is 9.59 Å². The number of Topliss-reactive ketones (excluding diaryl/α,β-unsaturated/α-hetero) is 1. The average Bonchev–Trinajstić information content (AvgIpc) is 2.72. The minimum absolute atomic E-state index is 0.0619. The summed E-state index contributed by atoms with van der Waals surface area (Å²) in [6, 6.07) is 0.131. The van der Waals surface area contributed by atoms with Crippen LogP contribution in [0.25, 0.3) is 0 Å². The van der Waals surface area contributed by atoms with Gasteiger partial charge in [-0.15, -0.1) is 0 Å². The number of esters is 1. The van der Waals surface area contributed by atoms with Crippen molar-refractivity contribution in [3.63, 3.8) is 0 Å². The molecule has 2 aliphatic rings. The molecule has 0 aromatic heterocycles. The molecule has 1 fully saturated rings. The zero-order chi connectivity index (χ0) is 12.3. The number of methoxy groups -OCH3 is 1. The monoisotopic (exact) mass is 239 g/mol. The van der Waals surface area contributed by atoms with Crippen LogP contribution in [-0.2, 0) is 19.1 Å². The largest absolute Gasteiger partial charge is 0.469 e. The molecular formula is C12H17NO4. The SMILES string of the molecule is COC(=O)CC1=CC(N2CCOCC2)CC1=O. The molecule has 0 aromatic rings. The molecule has 5 nitrogen and oxygen atoms in total. The summed E-state index contributed by atoms with van der Waals surface area (Å²) < 4.78 is 9.85. The van der Waals surface area contributed by atoms with E-state index in [4.69, 9.17) is 4.74 Å². The van der Waals surface area contributed by atoms with Crippen molar-refractivity contribution in [3.8, 4) is 0 Å². The van der Waals surface area contributed by atoms with Crippen LogP contribution in [-0.4, -0.2) is 56.1 Å². The van der Waals surface area contributed by atoms with Crippen LogP contribution in [0.2, 0.25) is 0 Å². The number of ketones is 1. The summed E-state index contributed by atoms with van der Waals surface area (Å²) in [6.07, 6.45) is 2.48. The highest BCUT2D eigenvalue weighted by atomic mass is 16.5. The van der Waals surface area contributed by atoms with Crippen LogP contribution in [0.1, 0.15) is 12.8 Å². The maximum Gasteiger partial charge on any atom is 0.310 e. The predicted molar refractivity (Wildman–Crippen MR) is 60.5 cm³/mol. The number of carbonyl (C=O) groups excluding carboxylic acids is 2. The molecule has 2 rings (SSSR count). The minimum atomic E-state index is -0.354. The first kappa shape index (κ1) is 12.3. The van der Waals surface area contributed by atoms with E-state index in [-0.39, 0.29) is 24.2 Å². The average molecular weight is 239 g/mol. The standard InChI is InChI=1S/C12H17NO4/c1-16-12(15)7-9-6-10(8-11(9)14)13-2-4-17-5-3-13/h6,10H,2-5,7-8H2,1H3. The fraction of sp³-hybridized carbons (Fsp3) is 0.667.